The van der Waals surface area contributed by atoms with Gasteiger partial charge in [-0.25, -0.2) is 13.2 Å². The zero-order valence-electron chi connectivity index (χ0n) is 15.3. The first kappa shape index (κ1) is 21.0. The highest BCUT2D eigenvalue weighted by Gasteiger charge is 2.25. The topological polar surface area (TPSA) is 145 Å². The van der Waals surface area contributed by atoms with Gasteiger partial charge in [0, 0.05) is 0 Å². The average molecular weight is 410 g/mol. The third-order valence-corrected chi connectivity index (χ3v) is 5.38. The number of hydrogen-bond acceptors (Lipinski definition) is 7. The Bertz CT molecular complexity index is 1010. The van der Waals surface area contributed by atoms with Crippen LogP contribution in [0.2, 0.25) is 0 Å². The van der Waals surface area contributed by atoms with Crippen LogP contribution in [-0.4, -0.2) is 38.1 Å². The van der Waals surface area contributed by atoms with Gasteiger partial charge in [-0.05, 0) is 49.2 Å². The van der Waals surface area contributed by atoms with Gasteiger partial charge < -0.3 is 14.6 Å². The second kappa shape index (κ2) is 8.13. The molecule has 0 aliphatic heterocycles. The minimum atomic E-state index is -4.17. The standard InChI is InChI=1S/C17H18N2O8S/c1-10-6-13(27-9-16(20)21)7-11(2)17(10)28(24,25)18-14-5-4-12(26-3)8-15(14)19(22)23/h4-8,18H,9H2,1-3H3,(H,20,21). The Labute approximate surface area is 160 Å². The van der Waals surface area contributed by atoms with Crippen molar-refractivity contribution in [3.8, 4) is 11.5 Å². The Morgan fingerprint density at radius 2 is 1.79 bits per heavy atom. The van der Waals surface area contributed by atoms with Crippen LogP contribution in [0.15, 0.2) is 35.2 Å². The van der Waals surface area contributed by atoms with Crippen molar-refractivity contribution in [2.24, 2.45) is 0 Å². The number of carbonyl (C=O) groups is 1. The summed E-state index contributed by atoms with van der Waals surface area (Å²) in [4.78, 5) is 21.1. The predicted molar refractivity (Wildman–Crippen MR) is 99.5 cm³/mol. The summed E-state index contributed by atoms with van der Waals surface area (Å²) >= 11 is 0. The van der Waals surface area contributed by atoms with Crippen LogP contribution < -0.4 is 14.2 Å². The van der Waals surface area contributed by atoms with Gasteiger partial charge in [-0.15, -0.1) is 0 Å². The SMILES string of the molecule is COc1ccc(NS(=O)(=O)c2c(C)cc(OCC(=O)O)cc2C)c([N+](=O)[O-])c1. The van der Waals surface area contributed by atoms with Crippen molar-refractivity contribution in [1.82, 2.24) is 0 Å². The molecular weight excluding hydrogens is 392 g/mol. The number of aryl methyl sites for hydroxylation is 2. The highest BCUT2D eigenvalue weighted by molar-refractivity contribution is 7.92. The van der Waals surface area contributed by atoms with Crippen LogP contribution >= 0.6 is 0 Å². The summed E-state index contributed by atoms with van der Waals surface area (Å²) in [6.45, 7) is 2.45. The normalized spacial score (nSPS) is 11.0. The van der Waals surface area contributed by atoms with E-state index in [4.69, 9.17) is 14.6 Å². The van der Waals surface area contributed by atoms with Crippen LogP contribution in [0.25, 0.3) is 0 Å². The lowest BCUT2D eigenvalue weighted by Gasteiger charge is -2.15. The van der Waals surface area contributed by atoms with Crippen molar-refractivity contribution in [2.75, 3.05) is 18.4 Å². The molecule has 2 N–H and O–H groups in total. The Kier molecular flexibility index (Phi) is 6.09. The number of nitrogens with one attached hydrogen (secondary N) is 1. The smallest absolute Gasteiger partial charge is 0.341 e. The minimum Gasteiger partial charge on any atom is -0.496 e. The molecule has 0 spiro atoms. The van der Waals surface area contributed by atoms with Gasteiger partial charge in [0.2, 0.25) is 0 Å². The molecule has 2 rings (SSSR count). The molecule has 2 aromatic carbocycles. The molecule has 2 aromatic rings. The van der Waals surface area contributed by atoms with Gasteiger partial charge in [-0.3, -0.25) is 14.8 Å². The largest absolute Gasteiger partial charge is 0.496 e. The number of nitro groups is 1. The van der Waals surface area contributed by atoms with Gasteiger partial charge in [-0.1, -0.05) is 0 Å². The number of anilines is 1. The number of methoxy groups -OCH3 is 1. The van der Waals surface area contributed by atoms with Crippen LogP contribution in [-0.2, 0) is 14.8 Å². The molecule has 11 heteroatoms. The van der Waals surface area contributed by atoms with E-state index in [1.165, 1.54) is 45.2 Å². The molecule has 28 heavy (non-hydrogen) atoms. The summed E-state index contributed by atoms with van der Waals surface area (Å²) in [5, 5.41) is 19.9. The van der Waals surface area contributed by atoms with E-state index in [9.17, 15) is 23.3 Å². The van der Waals surface area contributed by atoms with E-state index in [1.807, 2.05) is 0 Å². The zero-order chi connectivity index (χ0) is 21.1. The van der Waals surface area contributed by atoms with Crippen molar-refractivity contribution >= 4 is 27.4 Å². The molecule has 0 aromatic heterocycles. The average Bonchev–Trinajstić information content (AvgIpc) is 2.58. The first-order valence-electron chi connectivity index (χ1n) is 7.86. The molecule has 0 aliphatic carbocycles. The van der Waals surface area contributed by atoms with Crippen molar-refractivity contribution in [1.29, 1.82) is 0 Å². The van der Waals surface area contributed by atoms with Crippen molar-refractivity contribution in [3.05, 3.63) is 51.6 Å². The molecular formula is C17H18N2O8S. The van der Waals surface area contributed by atoms with Crippen molar-refractivity contribution < 1.29 is 32.7 Å². The summed E-state index contributed by atoms with van der Waals surface area (Å²) in [7, 11) is -2.83. The summed E-state index contributed by atoms with van der Waals surface area (Å²) < 4.78 is 37.9. The van der Waals surface area contributed by atoms with Gasteiger partial charge in [0.1, 0.15) is 17.2 Å². The molecule has 0 atom stereocenters. The van der Waals surface area contributed by atoms with E-state index in [0.29, 0.717) is 11.1 Å². The number of benzene rings is 2. The van der Waals surface area contributed by atoms with Gasteiger partial charge in [0.15, 0.2) is 6.61 Å². The van der Waals surface area contributed by atoms with E-state index in [1.54, 1.807) is 0 Å². The first-order chi connectivity index (χ1) is 13.0. The van der Waals surface area contributed by atoms with Crippen molar-refractivity contribution in [3.63, 3.8) is 0 Å². The van der Waals surface area contributed by atoms with Gasteiger partial charge >= 0.3 is 5.97 Å². The summed E-state index contributed by atoms with van der Waals surface area (Å²) in [6.07, 6.45) is 0. The first-order valence-corrected chi connectivity index (χ1v) is 9.34. The maximum Gasteiger partial charge on any atom is 0.341 e. The maximum atomic E-state index is 12.9. The van der Waals surface area contributed by atoms with E-state index in [2.05, 4.69) is 4.72 Å². The van der Waals surface area contributed by atoms with Gasteiger partial charge in [-0.2, -0.15) is 0 Å². The molecule has 150 valence electrons. The van der Waals surface area contributed by atoms with Crippen LogP contribution in [0.1, 0.15) is 11.1 Å². The Morgan fingerprint density at radius 1 is 1.18 bits per heavy atom. The lowest BCUT2D eigenvalue weighted by molar-refractivity contribution is -0.384. The molecule has 0 bridgehead atoms. The number of carboxylic acid groups (broad SMARTS) is 1. The Balaban J connectivity index is 2.43. The Hall–Kier alpha value is -3.34. The third-order valence-electron chi connectivity index (χ3n) is 3.71. The third kappa shape index (κ3) is 4.68. The van der Waals surface area contributed by atoms with Gasteiger partial charge in [0.25, 0.3) is 15.7 Å². The second-order valence-corrected chi connectivity index (χ2v) is 7.43. The van der Waals surface area contributed by atoms with Crippen LogP contribution in [0.4, 0.5) is 11.4 Å². The van der Waals surface area contributed by atoms with E-state index in [-0.39, 0.29) is 22.1 Å². The fourth-order valence-electron chi connectivity index (χ4n) is 2.63. The summed E-state index contributed by atoms with van der Waals surface area (Å²) in [5.74, 6) is -0.755. The molecule has 0 fully saturated rings. The van der Waals surface area contributed by atoms with Gasteiger partial charge in [0.05, 0.1) is 23.0 Å². The molecule has 0 saturated heterocycles. The molecule has 10 nitrogen and oxygen atoms in total. The number of nitro benzene ring substituents is 1. The number of rotatable bonds is 8. The number of aliphatic carboxylic acids is 1. The number of sulfonamides is 1. The highest BCUT2D eigenvalue weighted by atomic mass is 32.2. The monoisotopic (exact) mass is 410 g/mol. The minimum absolute atomic E-state index is 0.0831. The fraction of sp³-hybridized carbons (Fsp3) is 0.235. The molecule has 0 radical (unpaired) electrons. The summed E-state index contributed by atoms with van der Waals surface area (Å²) in [6, 6.07) is 6.51. The lowest BCUT2D eigenvalue weighted by atomic mass is 10.1. The number of ether oxygens (including phenoxy) is 2. The van der Waals surface area contributed by atoms with E-state index in [0.717, 1.165) is 6.07 Å². The molecule has 0 saturated carbocycles. The highest BCUT2D eigenvalue weighted by Crippen LogP contribution is 2.33. The van der Waals surface area contributed by atoms with Crippen LogP contribution in [0, 0.1) is 24.0 Å². The Morgan fingerprint density at radius 3 is 2.29 bits per heavy atom. The number of carboxylic acids is 1. The number of nitrogens with zero attached hydrogens (tertiary/aromatic N) is 1. The van der Waals surface area contributed by atoms with E-state index >= 15 is 0 Å². The maximum absolute atomic E-state index is 12.9. The van der Waals surface area contributed by atoms with Crippen LogP contribution in [0.3, 0.4) is 0 Å². The molecule has 0 aliphatic rings. The molecule has 0 amide bonds. The van der Waals surface area contributed by atoms with E-state index < -0.39 is 33.2 Å². The van der Waals surface area contributed by atoms with Crippen LogP contribution in [0.5, 0.6) is 11.5 Å². The zero-order valence-corrected chi connectivity index (χ0v) is 16.1. The van der Waals surface area contributed by atoms with Crippen molar-refractivity contribution in [2.45, 2.75) is 18.7 Å². The predicted octanol–water partition coefficient (Wildman–Crippen LogP) is 2.48. The summed E-state index contributed by atoms with van der Waals surface area (Å²) in [5.41, 5.74) is -0.0800. The fourth-order valence-corrected chi connectivity index (χ4v) is 4.16. The number of hydrogen-bond donors (Lipinski definition) is 2. The second-order valence-electron chi connectivity index (χ2n) is 5.81. The lowest BCUT2D eigenvalue weighted by Crippen LogP contribution is -2.17. The molecule has 0 heterocycles. The molecule has 0 unspecified atom stereocenters. The quantitative estimate of drug-likeness (QED) is 0.499.